The minimum Gasteiger partial charge on any atom is -0.493 e. The Balaban J connectivity index is 2.91. The first-order valence-corrected chi connectivity index (χ1v) is 4.39. The van der Waals surface area contributed by atoms with Crippen LogP contribution in [0.2, 0.25) is 0 Å². The van der Waals surface area contributed by atoms with Gasteiger partial charge in [0.05, 0.1) is 13.5 Å². The first-order chi connectivity index (χ1) is 7.17. The molecule has 0 bridgehead atoms. The Labute approximate surface area is 87.4 Å². The second-order valence-corrected chi connectivity index (χ2v) is 2.87. The lowest BCUT2D eigenvalue weighted by Gasteiger charge is -2.09. The number of ether oxygens (including phenoxy) is 2. The molecule has 0 aromatic heterocycles. The van der Waals surface area contributed by atoms with Crippen molar-refractivity contribution in [3.63, 3.8) is 0 Å². The number of carboxylic acid groups (broad SMARTS) is 1. The number of hydrogen-bond acceptors (Lipinski definition) is 4. The minimum atomic E-state index is -0.885. The highest BCUT2D eigenvalue weighted by Crippen LogP contribution is 2.27. The highest BCUT2D eigenvalue weighted by atomic mass is 16.5. The number of rotatable bonds is 5. The van der Waals surface area contributed by atoms with Crippen LogP contribution in [0.4, 0.5) is 0 Å². The number of aliphatic carboxylic acids is 1. The molecule has 0 spiro atoms. The average Bonchev–Trinajstić information content (AvgIpc) is 2.20. The maximum atomic E-state index is 10.5. The molecule has 0 saturated carbocycles. The van der Waals surface area contributed by atoms with Gasteiger partial charge in [0.1, 0.15) is 6.73 Å². The molecule has 82 valence electrons. The van der Waals surface area contributed by atoms with Gasteiger partial charge in [-0.1, -0.05) is 6.07 Å². The van der Waals surface area contributed by atoms with E-state index in [9.17, 15) is 4.79 Å². The number of carbonyl (C=O) groups is 1. The van der Waals surface area contributed by atoms with E-state index in [0.717, 1.165) is 0 Å². The van der Waals surface area contributed by atoms with Crippen molar-refractivity contribution in [2.75, 3.05) is 13.8 Å². The van der Waals surface area contributed by atoms with Gasteiger partial charge >= 0.3 is 5.97 Å². The lowest BCUT2D eigenvalue weighted by molar-refractivity contribution is -0.136. The lowest BCUT2D eigenvalue weighted by atomic mass is 10.1. The topological polar surface area (TPSA) is 81.8 Å². The summed E-state index contributed by atoms with van der Waals surface area (Å²) in [4.78, 5) is 10.5. The molecule has 0 atom stereocenters. The van der Waals surface area contributed by atoms with Gasteiger partial charge in [-0.05, 0) is 17.7 Å². The van der Waals surface area contributed by atoms with Crippen LogP contribution in [-0.4, -0.2) is 24.9 Å². The van der Waals surface area contributed by atoms with Crippen LogP contribution in [-0.2, 0) is 11.2 Å². The number of methoxy groups -OCH3 is 1. The Morgan fingerprint density at radius 1 is 1.47 bits per heavy atom. The Kier molecular flexibility index (Phi) is 3.93. The smallest absolute Gasteiger partial charge is 0.307 e. The van der Waals surface area contributed by atoms with Gasteiger partial charge in [-0.2, -0.15) is 0 Å². The van der Waals surface area contributed by atoms with Crippen molar-refractivity contribution in [2.45, 2.75) is 6.42 Å². The Hall–Kier alpha value is -1.75. The molecule has 1 rings (SSSR count). The zero-order chi connectivity index (χ0) is 11.3. The molecule has 0 fully saturated rings. The molecular formula is C10H13NO4. The molecule has 0 aliphatic carbocycles. The summed E-state index contributed by atoms with van der Waals surface area (Å²) in [5.74, 6) is 0.109. The zero-order valence-electron chi connectivity index (χ0n) is 8.40. The van der Waals surface area contributed by atoms with E-state index in [1.165, 1.54) is 7.11 Å². The van der Waals surface area contributed by atoms with Crippen molar-refractivity contribution in [1.29, 1.82) is 0 Å². The Bertz CT molecular complexity index is 351. The van der Waals surface area contributed by atoms with E-state index in [2.05, 4.69) is 0 Å². The van der Waals surface area contributed by atoms with Crippen LogP contribution in [0.1, 0.15) is 5.56 Å². The average molecular weight is 211 g/mol. The summed E-state index contributed by atoms with van der Waals surface area (Å²) >= 11 is 0. The van der Waals surface area contributed by atoms with E-state index in [1.54, 1.807) is 18.2 Å². The quantitative estimate of drug-likeness (QED) is 0.697. The fraction of sp³-hybridized carbons (Fsp3) is 0.300. The summed E-state index contributed by atoms with van der Waals surface area (Å²) < 4.78 is 10.1. The van der Waals surface area contributed by atoms with Gasteiger partial charge in [-0.15, -0.1) is 0 Å². The monoisotopic (exact) mass is 211 g/mol. The fourth-order valence-electron chi connectivity index (χ4n) is 1.21. The molecule has 0 unspecified atom stereocenters. The van der Waals surface area contributed by atoms with Gasteiger partial charge in [0.2, 0.25) is 0 Å². The highest BCUT2D eigenvalue weighted by molar-refractivity contribution is 5.70. The maximum Gasteiger partial charge on any atom is 0.307 e. The third-order valence-electron chi connectivity index (χ3n) is 1.82. The van der Waals surface area contributed by atoms with E-state index in [1.807, 2.05) is 0 Å². The zero-order valence-corrected chi connectivity index (χ0v) is 8.40. The maximum absolute atomic E-state index is 10.5. The molecule has 0 saturated heterocycles. The lowest BCUT2D eigenvalue weighted by Crippen LogP contribution is -2.08. The van der Waals surface area contributed by atoms with Gasteiger partial charge < -0.3 is 14.6 Å². The Morgan fingerprint density at radius 2 is 2.20 bits per heavy atom. The van der Waals surface area contributed by atoms with Crippen molar-refractivity contribution < 1.29 is 19.4 Å². The first-order valence-electron chi connectivity index (χ1n) is 4.39. The van der Waals surface area contributed by atoms with Crippen LogP contribution in [0.15, 0.2) is 18.2 Å². The van der Waals surface area contributed by atoms with Crippen LogP contribution >= 0.6 is 0 Å². The van der Waals surface area contributed by atoms with Crippen molar-refractivity contribution in [3.8, 4) is 11.5 Å². The predicted octanol–water partition coefficient (Wildman–Crippen LogP) is 0.617. The second kappa shape index (κ2) is 5.21. The first kappa shape index (κ1) is 11.3. The van der Waals surface area contributed by atoms with Crippen LogP contribution < -0.4 is 15.2 Å². The van der Waals surface area contributed by atoms with Gasteiger partial charge in [0, 0.05) is 0 Å². The largest absolute Gasteiger partial charge is 0.493 e. The summed E-state index contributed by atoms with van der Waals surface area (Å²) in [5.41, 5.74) is 5.89. The molecule has 0 heterocycles. The SMILES string of the molecule is COc1cc(CC(=O)O)ccc1OCN. The van der Waals surface area contributed by atoms with E-state index >= 15 is 0 Å². The molecule has 0 radical (unpaired) electrons. The number of carboxylic acids is 1. The van der Waals surface area contributed by atoms with Crippen LogP contribution in [0, 0.1) is 0 Å². The predicted molar refractivity (Wildman–Crippen MR) is 54.0 cm³/mol. The van der Waals surface area contributed by atoms with Crippen molar-refractivity contribution in [3.05, 3.63) is 23.8 Å². The summed E-state index contributed by atoms with van der Waals surface area (Å²) in [6, 6.07) is 4.94. The van der Waals surface area contributed by atoms with Gasteiger partial charge in [0.25, 0.3) is 0 Å². The van der Waals surface area contributed by atoms with Gasteiger partial charge in [-0.3, -0.25) is 10.5 Å². The molecule has 1 aromatic rings. The summed E-state index contributed by atoms with van der Waals surface area (Å²) in [6.45, 7) is 0.0502. The van der Waals surface area contributed by atoms with Crippen molar-refractivity contribution >= 4 is 5.97 Å². The number of benzene rings is 1. The fourth-order valence-corrected chi connectivity index (χ4v) is 1.21. The van der Waals surface area contributed by atoms with E-state index in [4.69, 9.17) is 20.3 Å². The van der Waals surface area contributed by atoms with Crippen LogP contribution in [0.3, 0.4) is 0 Å². The van der Waals surface area contributed by atoms with Crippen LogP contribution in [0.25, 0.3) is 0 Å². The van der Waals surface area contributed by atoms with Gasteiger partial charge in [0.15, 0.2) is 11.5 Å². The molecule has 5 heteroatoms. The van der Waals surface area contributed by atoms with E-state index in [0.29, 0.717) is 17.1 Å². The molecule has 5 nitrogen and oxygen atoms in total. The molecule has 1 aromatic carbocycles. The molecule has 15 heavy (non-hydrogen) atoms. The van der Waals surface area contributed by atoms with E-state index < -0.39 is 5.97 Å². The molecule has 0 aliphatic rings. The molecular weight excluding hydrogens is 198 g/mol. The minimum absolute atomic E-state index is 0.0424. The Morgan fingerprint density at radius 3 is 2.73 bits per heavy atom. The summed E-state index contributed by atoms with van der Waals surface area (Å²) in [7, 11) is 1.49. The normalized spacial score (nSPS) is 9.73. The number of hydrogen-bond donors (Lipinski definition) is 2. The number of nitrogens with two attached hydrogens (primary N) is 1. The standard InChI is InChI=1S/C10H13NO4/c1-14-9-4-7(5-10(12)13)2-3-8(9)15-6-11/h2-4H,5-6,11H2,1H3,(H,12,13). The third kappa shape index (κ3) is 3.14. The summed E-state index contributed by atoms with van der Waals surface area (Å²) in [5, 5.41) is 8.61. The molecule has 0 amide bonds. The highest BCUT2D eigenvalue weighted by Gasteiger charge is 2.07. The van der Waals surface area contributed by atoms with Crippen molar-refractivity contribution in [2.24, 2.45) is 5.73 Å². The second-order valence-electron chi connectivity index (χ2n) is 2.87. The van der Waals surface area contributed by atoms with Crippen LogP contribution in [0.5, 0.6) is 11.5 Å². The summed E-state index contributed by atoms with van der Waals surface area (Å²) in [6.07, 6.45) is -0.0424. The van der Waals surface area contributed by atoms with Gasteiger partial charge in [-0.25, -0.2) is 0 Å². The third-order valence-corrected chi connectivity index (χ3v) is 1.82. The van der Waals surface area contributed by atoms with E-state index in [-0.39, 0.29) is 13.2 Å². The van der Waals surface area contributed by atoms with Crippen molar-refractivity contribution in [1.82, 2.24) is 0 Å². The molecule has 0 aliphatic heterocycles. The molecule has 3 N–H and O–H groups in total.